The average molecular weight is 323 g/mol. The lowest BCUT2D eigenvalue weighted by Gasteiger charge is -2.38. The smallest absolute Gasteiger partial charge is 0.196 e. The highest BCUT2D eigenvalue weighted by molar-refractivity contribution is 6.05. The second kappa shape index (κ2) is 5.45. The molecule has 0 radical (unpaired) electrons. The van der Waals surface area contributed by atoms with Crippen LogP contribution in [0.3, 0.4) is 0 Å². The first-order valence-electron chi connectivity index (χ1n) is 8.86. The molecule has 1 aliphatic carbocycles. The molecular formula is C19H21N3O2. The van der Waals surface area contributed by atoms with Crippen LogP contribution in [0.1, 0.15) is 38.5 Å². The van der Waals surface area contributed by atoms with Gasteiger partial charge < -0.3 is 14.5 Å². The Kier molecular flexibility index (Phi) is 3.23. The monoisotopic (exact) mass is 323 g/mol. The van der Waals surface area contributed by atoms with Crippen LogP contribution in [0.25, 0.3) is 22.1 Å². The minimum atomic E-state index is 0.0932. The molecule has 1 N–H and O–H groups in total. The van der Waals surface area contributed by atoms with E-state index in [4.69, 9.17) is 9.15 Å². The number of ether oxygens (including phenoxy) is 1. The van der Waals surface area contributed by atoms with E-state index < -0.39 is 0 Å². The first-order chi connectivity index (χ1) is 11.8. The largest absolute Gasteiger partial charge is 0.450 e. The van der Waals surface area contributed by atoms with Crippen molar-refractivity contribution in [2.75, 3.05) is 11.9 Å². The van der Waals surface area contributed by atoms with Gasteiger partial charge in [0.05, 0.1) is 5.60 Å². The fourth-order valence-electron chi connectivity index (χ4n) is 4.34. The molecule has 3 heterocycles. The van der Waals surface area contributed by atoms with E-state index in [1.54, 1.807) is 6.33 Å². The number of furan rings is 1. The Morgan fingerprint density at radius 2 is 2.00 bits per heavy atom. The van der Waals surface area contributed by atoms with E-state index in [1.807, 2.05) is 24.3 Å². The van der Waals surface area contributed by atoms with E-state index >= 15 is 0 Å². The number of benzene rings is 1. The fourth-order valence-corrected chi connectivity index (χ4v) is 4.34. The summed E-state index contributed by atoms with van der Waals surface area (Å²) in [5.74, 6) is 0.802. The molecular weight excluding hydrogens is 302 g/mol. The van der Waals surface area contributed by atoms with Crippen LogP contribution in [-0.2, 0) is 4.74 Å². The van der Waals surface area contributed by atoms with Crippen molar-refractivity contribution in [2.45, 2.75) is 50.2 Å². The summed E-state index contributed by atoms with van der Waals surface area (Å²) in [6, 6.07) is 8.38. The molecule has 1 aromatic carbocycles. The second-order valence-corrected chi connectivity index (χ2v) is 7.07. The zero-order chi connectivity index (χ0) is 16.0. The first-order valence-corrected chi connectivity index (χ1v) is 8.86. The molecule has 3 aromatic rings. The number of nitrogens with zero attached hydrogens (tertiary/aromatic N) is 2. The summed E-state index contributed by atoms with van der Waals surface area (Å²) in [6.45, 7) is 0.825. The Hall–Kier alpha value is -2.14. The number of para-hydroxylation sites is 1. The zero-order valence-corrected chi connectivity index (χ0v) is 13.6. The number of anilines is 1. The van der Waals surface area contributed by atoms with Gasteiger partial charge in [0.1, 0.15) is 17.4 Å². The number of nitrogens with one attached hydrogen (secondary N) is 1. The van der Waals surface area contributed by atoms with Crippen LogP contribution in [0, 0.1) is 0 Å². The first kappa shape index (κ1) is 14.2. The predicted octanol–water partition coefficient (Wildman–Crippen LogP) is 4.28. The van der Waals surface area contributed by atoms with Gasteiger partial charge in [-0.3, -0.25) is 0 Å². The summed E-state index contributed by atoms with van der Waals surface area (Å²) < 4.78 is 12.2. The molecule has 1 aliphatic heterocycles. The third-order valence-corrected chi connectivity index (χ3v) is 5.51. The highest BCUT2D eigenvalue weighted by Gasteiger charge is 2.40. The lowest BCUT2D eigenvalue weighted by Crippen LogP contribution is -2.42. The standard InChI is InChI=1S/C19H21N3O2/c1-2-6-15-14(5-1)16-17(24-15)18(21-12-20-16)22-13-7-10-23-19(11-13)8-3-4-9-19/h1-2,5-6,12-13H,3-4,7-11H2,(H,20,21,22). The van der Waals surface area contributed by atoms with Crippen molar-refractivity contribution < 1.29 is 9.15 Å². The Bertz CT molecular complexity index is 883. The van der Waals surface area contributed by atoms with Gasteiger partial charge in [0.2, 0.25) is 0 Å². The Morgan fingerprint density at radius 3 is 2.92 bits per heavy atom. The van der Waals surface area contributed by atoms with Crippen molar-refractivity contribution in [3.63, 3.8) is 0 Å². The molecule has 1 atom stereocenters. The number of rotatable bonds is 2. The van der Waals surface area contributed by atoms with Crippen LogP contribution in [0.4, 0.5) is 5.82 Å². The maximum atomic E-state index is 6.13. The molecule has 1 unspecified atom stereocenters. The SMILES string of the molecule is c1ccc2c(c1)oc1c(NC3CCOC4(CCCC4)C3)ncnc12. The normalized spacial score (nSPS) is 23.2. The summed E-state index contributed by atoms with van der Waals surface area (Å²) in [5, 5.41) is 4.65. The second-order valence-electron chi connectivity index (χ2n) is 7.07. The summed E-state index contributed by atoms with van der Waals surface area (Å²) in [6.07, 6.45) is 8.63. The number of aromatic nitrogens is 2. The van der Waals surface area contributed by atoms with Crippen LogP contribution in [0.15, 0.2) is 35.0 Å². The molecule has 2 aromatic heterocycles. The van der Waals surface area contributed by atoms with E-state index in [0.717, 1.165) is 47.3 Å². The van der Waals surface area contributed by atoms with Crippen molar-refractivity contribution in [3.05, 3.63) is 30.6 Å². The number of hydrogen-bond acceptors (Lipinski definition) is 5. The predicted molar refractivity (Wildman–Crippen MR) is 93.1 cm³/mol. The molecule has 2 fully saturated rings. The highest BCUT2D eigenvalue weighted by Crippen LogP contribution is 2.41. The van der Waals surface area contributed by atoms with Crippen LogP contribution in [0.5, 0.6) is 0 Å². The molecule has 124 valence electrons. The molecule has 0 amide bonds. The van der Waals surface area contributed by atoms with E-state index in [1.165, 1.54) is 25.7 Å². The quantitative estimate of drug-likeness (QED) is 0.763. The summed E-state index contributed by atoms with van der Waals surface area (Å²) in [4.78, 5) is 8.88. The van der Waals surface area contributed by atoms with Crippen molar-refractivity contribution in [1.82, 2.24) is 9.97 Å². The summed E-state index contributed by atoms with van der Waals surface area (Å²) in [5.41, 5.74) is 2.59. The van der Waals surface area contributed by atoms with E-state index in [2.05, 4.69) is 15.3 Å². The molecule has 0 bridgehead atoms. The molecule has 1 saturated carbocycles. The minimum absolute atomic E-state index is 0.0932. The van der Waals surface area contributed by atoms with Crippen LogP contribution in [0.2, 0.25) is 0 Å². The Morgan fingerprint density at radius 1 is 1.12 bits per heavy atom. The Labute approximate surface area is 140 Å². The third kappa shape index (κ3) is 2.26. The van der Waals surface area contributed by atoms with Gasteiger partial charge in [-0.05, 0) is 37.8 Å². The van der Waals surface area contributed by atoms with Crippen LogP contribution in [-0.4, -0.2) is 28.2 Å². The molecule has 2 aliphatic rings. The lowest BCUT2D eigenvalue weighted by molar-refractivity contribution is -0.0767. The van der Waals surface area contributed by atoms with Gasteiger partial charge in [0.25, 0.3) is 0 Å². The van der Waals surface area contributed by atoms with Crippen molar-refractivity contribution >= 4 is 27.9 Å². The summed E-state index contributed by atoms with van der Waals surface area (Å²) in [7, 11) is 0. The topological polar surface area (TPSA) is 60.2 Å². The van der Waals surface area contributed by atoms with Crippen molar-refractivity contribution in [3.8, 4) is 0 Å². The van der Waals surface area contributed by atoms with Crippen LogP contribution >= 0.6 is 0 Å². The highest BCUT2D eigenvalue weighted by atomic mass is 16.5. The van der Waals surface area contributed by atoms with Crippen molar-refractivity contribution in [1.29, 1.82) is 0 Å². The van der Waals surface area contributed by atoms with Gasteiger partial charge in [0, 0.05) is 18.0 Å². The van der Waals surface area contributed by atoms with Gasteiger partial charge in [0.15, 0.2) is 11.4 Å². The van der Waals surface area contributed by atoms with Gasteiger partial charge in [-0.15, -0.1) is 0 Å². The summed E-state index contributed by atoms with van der Waals surface area (Å²) >= 11 is 0. The van der Waals surface area contributed by atoms with Crippen molar-refractivity contribution in [2.24, 2.45) is 0 Å². The van der Waals surface area contributed by atoms with Crippen LogP contribution < -0.4 is 5.32 Å². The molecule has 5 rings (SSSR count). The number of hydrogen-bond donors (Lipinski definition) is 1. The minimum Gasteiger partial charge on any atom is -0.450 e. The zero-order valence-electron chi connectivity index (χ0n) is 13.6. The lowest BCUT2D eigenvalue weighted by atomic mass is 9.89. The maximum absolute atomic E-state index is 6.13. The average Bonchev–Trinajstić information content (AvgIpc) is 3.20. The maximum Gasteiger partial charge on any atom is 0.196 e. The van der Waals surface area contributed by atoms with E-state index in [9.17, 15) is 0 Å². The van der Waals surface area contributed by atoms with Gasteiger partial charge >= 0.3 is 0 Å². The fraction of sp³-hybridized carbons (Fsp3) is 0.474. The van der Waals surface area contributed by atoms with Gasteiger partial charge in [-0.1, -0.05) is 25.0 Å². The van der Waals surface area contributed by atoms with E-state index in [0.29, 0.717) is 6.04 Å². The van der Waals surface area contributed by atoms with Gasteiger partial charge in [-0.2, -0.15) is 0 Å². The Balaban J connectivity index is 1.48. The third-order valence-electron chi connectivity index (χ3n) is 5.51. The molecule has 5 heteroatoms. The van der Waals surface area contributed by atoms with Gasteiger partial charge in [-0.25, -0.2) is 9.97 Å². The molecule has 1 spiro atoms. The van der Waals surface area contributed by atoms with E-state index in [-0.39, 0.29) is 5.60 Å². The molecule has 5 nitrogen and oxygen atoms in total. The number of fused-ring (bicyclic) bond motifs is 3. The molecule has 24 heavy (non-hydrogen) atoms. The molecule has 1 saturated heterocycles.